The van der Waals surface area contributed by atoms with Crippen molar-refractivity contribution < 1.29 is 22.7 Å². The Hall–Kier alpha value is -3.34. The zero-order valence-corrected chi connectivity index (χ0v) is 24.4. The fourth-order valence-electron chi connectivity index (χ4n) is 6.21. The molecule has 216 valence electrons. The molecule has 0 bridgehead atoms. The molecule has 7 nitrogen and oxygen atoms in total. The first-order valence-electron chi connectivity index (χ1n) is 13.2. The molecule has 1 aromatic heterocycles. The van der Waals surface area contributed by atoms with Gasteiger partial charge in [0.2, 0.25) is 0 Å². The Labute approximate surface area is 253 Å². The van der Waals surface area contributed by atoms with Gasteiger partial charge in [-0.2, -0.15) is 0 Å². The lowest BCUT2D eigenvalue weighted by Gasteiger charge is -2.35. The molecule has 2 aliphatic rings. The van der Waals surface area contributed by atoms with E-state index in [0.717, 1.165) is 0 Å². The van der Waals surface area contributed by atoms with Crippen molar-refractivity contribution in [2.24, 2.45) is 0 Å². The number of pyridine rings is 1. The second-order valence-corrected chi connectivity index (χ2v) is 12.2. The molecule has 2 aliphatic heterocycles. The number of amides is 1. The number of morpholine rings is 1. The fourth-order valence-corrected chi connectivity index (χ4v) is 7.64. The maximum Gasteiger partial charge on any atom is 0.264 e. The lowest BCUT2D eigenvalue weighted by Crippen LogP contribution is -2.43. The maximum absolute atomic E-state index is 15.8. The van der Waals surface area contributed by atoms with Crippen LogP contribution in [-0.2, 0) is 20.6 Å². The van der Waals surface area contributed by atoms with E-state index in [1.54, 1.807) is 59.5 Å². The highest BCUT2D eigenvalue weighted by Gasteiger charge is 2.60. The van der Waals surface area contributed by atoms with E-state index in [1.807, 2.05) is 0 Å². The number of carbonyl (C=O) groups is 1. The highest BCUT2D eigenvalue weighted by molar-refractivity contribution is 7.80. The van der Waals surface area contributed by atoms with Gasteiger partial charge in [-0.1, -0.05) is 65.7 Å². The third-order valence-corrected chi connectivity index (χ3v) is 9.79. The van der Waals surface area contributed by atoms with Crippen LogP contribution in [0.3, 0.4) is 0 Å². The van der Waals surface area contributed by atoms with Crippen LogP contribution in [0.4, 0.5) is 4.39 Å². The molecule has 0 saturated carbocycles. The number of nitrogens with zero attached hydrogens (tertiary/aromatic N) is 2. The zero-order chi connectivity index (χ0) is 29.6. The number of rotatable bonds is 5. The molecule has 3 aromatic carbocycles. The number of aromatic nitrogens is 1. The Morgan fingerprint density at radius 3 is 2.10 bits per heavy atom. The van der Waals surface area contributed by atoms with E-state index < -0.39 is 45.1 Å². The fraction of sp³-hybridized carbons (Fsp3) is 0.226. The van der Waals surface area contributed by atoms with Crippen LogP contribution in [0.5, 0.6) is 0 Å². The smallest absolute Gasteiger partial charge is 0.264 e. The van der Waals surface area contributed by atoms with Gasteiger partial charge in [-0.05, 0) is 53.6 Å². The SMILES string of the molecule is O=C(c1ccc2n(c1=O)[C@@H](c1ccc(Cl)cc1)C(c1ccc(Cl)cc1)C2(c1ccccc1F)S(=O)O)N1CCOCC1. The molecule has 1 amide bonds. The Bertz CT molecular complexity index is 1740. The van der Waals surface area contributed by atoms with Crippen molar-refractivity contribution in [2.45, 2.75) is 16.7 Å². The summed E-state index contributed by atoms with van der Waals surface area (Å²) in [6, 6.07) is 21.1. The van der Waals surface area contributed by atoms with Crippen molar-refractivity contribution in [2.75, 3.05) is 26.3 Å². The summed E-state index contributed by atoms with van der Waals surface area (Å²) in [6.07, 6.45) is 0. The quantitative estimate of drug-likeness (QED) is 0.291. The molecule has 0 radical (unpaired) electrons. The molecular weight excluding hydrogens is 602 g/mol. The van der Waals surface area contributed by atoms with Gasteiger partial charge in [0, 0.05) is 40.3 Å². The van der Waals surface area contributed by atoms with E-state index in [4.69, 9.17) is 27.9 Å². The van der Waals surface area contributed by atoms with Gasteiger partial charge in [-0.3, -0.25) is 9.59 Å². The second kappa shape index (κ2) is 11.4. The molecule has 11 heteroatoms. The van der Waals surface area contributed by atoms with Crippen molar-refractivity contribution in [3.05, 3.63) is 139 Å². The predicted molar refractivity (Wildman–Crippen MR) is 159 cm³/mol. The largest absolute Gasteiger partial charge is 0.378 e. The Kier molecular flexibility index (Phi) is 7.80. The van der Waals surface area contributed by atoms with Gasteiger partial charge < -0.3 is 18.8 Å². The Morgan fingerprint density at radius 2 is 1.50 bits per heavy atom. The monoisotopic (exact) mass is 626 g/mol. The topological polar surface area (TPSA) is 88.8 Å². The summed E-state index contributed by atoms with van der Waals surface area (Å²) in [7, 11) is 0. The molecule has 3 heterocycles. The van der Waals surface area contributed by atoms with E-state index in [2.05, 4.69) is 0 Å². The first-order chi connectivity index (χ1) is 20.2. The third-order valence-electron chi connectivity index (χ3n) is 8.05. The van der Waals surface area contributed by atoms with E-state index in [0.29, 0.717) is 47.5 Å². The number of benzene rings is 3. The average molecular weight is 628 g/mol. The van der Waals surface area contributed by atoms with Gasteiger partial charge in [-0.25, -0.2) is 8.60 Å². The summed E-state index contributed by atoms with van der Waals surface area (Å²) >= 11 is 9.68. The second-order valence-electron chi connectivity index (χ2n) is 10.2. The van der Waals surface area contributed by atoms with Crippen LogP contribution in [-0.4, -0.2) is 50.4 Å². The van der Waals surface area contributed by atoms with E-state index in [1.165, 1.54) is 34.9 Å². The van der Waals surface area contributed by atoms with Crippen LogP contribution < -0.4 is 5.56 Å². The number of hydrogen-bond donors (Lipinski definition) is 1. The van der Waals surface area contributed by atoms with Crippen LogP contribution >= 0.6 is 23.2 Å². The minimum absolute atomic E-state index is 0.0531. The number of fused-ring (bicyclic) bond motifs is 1. The molecule has 4 aromatic rings. The number of ether oxygens (including phenoxy) is 1. The summed E-state index contributed by atoms with van der Waals surface area (Å²) in [4.78, 5) is 29.5. The van der Waals surface area contributed by atoms with Gasteiger partial charge >= 0.3 is 0 Å². The maximum atomic E-state index is 15.8. The van der Waals surface area contributed by atoms with E-state index >= 15 is 4.39 Å². The van der Waals surface area contributed by atoms with Gasteiger partial charge in [0.1, 0.15) is 16.1 Å². The molecule has 3 unspecified atom stereocenters. The van der Waals surface area contributed by atoms with Gasteiger partial charge in [0.15, 0.2) is 11.1 Å². The van der Waals surface area contributed by atoms with Crippen LogP contribution in [0.1, 0.15) is 44.7 Å². The average Bonchev–Trinajstić information content (AvgIpc) is 3.31. The van der Waals surface area contributed by atoms with Crippen LogP contribution in [0, 0.1) is 5.82 Å². The standard InChI is InChI=1S/C31H25Cl2FN2O5S/c32-21-9-5-19(6-10-21)27-28(20-7-11-22(33)12-8-20)36-26(31(27,42(39)40)24-3-1-2-4-25(24)34)14-13-23(30(36)38)29(37)35-15-17-41-18-16-35/h1-14,27-28H,15-18H2,(H,39,40)/t27?,28-,31?/m0/s1. The summed E-state index contributed by atoms with van der Waals surface area (Å²) in [5.74, 6) is -2.15. The van der Waals surface area contributed by atoms with Gasteiger partial charge in [0.25, 0.3) is 11.5 Å². The van der Waals surface area contributed by atoms with Gasteiger partial charge in [0.05, 0.1) is 19.3 Å². The van der Waals surface area contributed by atoms with Crippen LogP contribution in [0.2, 0.25) is 10.0 Å². The lowest BCUT2D eigenvalue weighted by atomic mass is 9.75. The minimum atomic E-state index is -2.76. The first-order valence-corrected chi connectivity index (χ1v) is 15.1. The molecule has 0 spiro atoms. The number of hydrogen-bond acceptors (Lipinski definition) is 4. The third kappa shape index (κ3) is 4.60. The highest BCUT2D eigenvalue weighted by atomic mass is 35.5. The molecule has 6 rings (SSSR count). The lowest BCUT2D eigenvalue weighted by molar-refractivity contribution is 0.0301. The van der Waals surface area contributed by atoms with E-state index in [-0.39, 0.29) is 16.8 Å². The predicted octanol–water partition coefficient (Wildman–Crippen LogP) is 5.62. The number of halogens is 3. The Morgan fingerprint density at radius 1 is 0.905 bits per heavy atom. The molecule has 42 heavy (non-hydrogen) atoms. The van der Waals surface area contributed by atoms with E-state index in [9.17, 15) is 18.4 Å². The summed E-state index contributed by atoms with van der Waals surface area (Å²) in [5.41, 5.74) is 0.449. The Balaban J connectivity index is 1.71. The molecule has 0 aliphatic carbocycles. The normalized spacial score (nSPS) is 22.5. The van der Waals surface area contributed by atoms with Crippen molar-refractivity contribution in [3.63, 3.8) is 0 Å². The first kappa shape index (κ1) is 28.8. The molecular formula is C31H25Cl2FN2O5S. The number of carbonyl (C=O) groups excluding carboxylic acids is 1. The van der Waals surface area contributed by atoms with Crippen molar-refractivity contribution in [1.29, 1.82) is 0 Å². The highest BCUT2D eigenvalue weighted by Crippen LogP contribution is 2.59. The molecule has 1 N–H and O–H groups in total. The molecule has 1 saturated heterocycles. The van der Waals surface area contributed by atoms with Crippen molar-refractivity contribution in [3.8, 4) is 0 Å². The summed E-state index contributed by atoms with van der Waals surface area (Å²) in [5, 5.41) is 0.893. The summed E-state index contributed by atoms with van der Waals surface area (Å²) < 4.78 is 45.6. The van der Waals surface area contributed by atoms with Crippen molar-refractivity contribution >= 4 is 40.2 Å². The van der Waals surface area contributed by atoms with Crippen molar-refractivity contribution in [1.82, 2.24) is 9.47 Å². The van der Waals surface area contributed by atoms with Crippen LogP contribution in [0.25, 0.3) is 0 Å². The molecule has 4 atom stereocenters. The minimum Gasteiger partial charge on any atom is -0.378 e. The molecule has 1 fully saturated rings. The zero-order valence-electron chi connectivity index (χ0n) is 22.1. The van der Waals surface area contributed by atoms with Crippen LogP contribution in [0.15, 0.2) is 89.7 Å². The summed E-state index contributed by atoms with van der Waals surface area (Å²) in [6.45, 7) is 1.36. The van der Waals surface area contributed by atoms with Gasteiger partial charge in [-0.15, -0.1) is 0 Å².